The van der Waals surface area contributed by atoms with Crippen LogP contribution in [-0.2, 0) is 13.1 Å². The van der Waals surface area contributed by atoms with E-state index in [1.807, 2.05) is 0 Å². The number of hydrogen-bond acceptors (Lipinski definition) is 4. The van der Waals surface area contributed by atoms with Crippen LogP contribution >= 0.6 is 0 Å². The lowest BCUT2D eigenvalue weighted by atomic mass is 10.2. The van der Waals surface area contributed by atoms with Crippen LogP contribution in [-0.4, -0.2) is 33.5 Å². The van der Waals surface area contributed by atoms with Gasteiger partial charge >= 0.3 is 6.36 Å². The van der Waals surface area contributed by atoms with Gasteiger partial charge in [-0.25, -0.2) is 4.98 Å². The molecular weight excluding hydrogens is 273 g/mol. The molecule has 1 aromatic heterocycles. The Morgan fingerprint density at radius 3 is 2.65 bits per heavy atom. The maximum Gasteiger partial charge on any atom is 0.573 e. The Kier molecular flexibility index (Phi) is 4.23. The third-order valence-corrected chi connectivity index (χ3v) is 2.52. The van der Waals surface area contributed by atoms with Crippen LogP contribution in [0.4, 0.5) is 13.2 Å². The number of benzene rings is 1. The highest BCUT2D eigenvalue weighted by Gasteiger charge is 2.32. The molecule has 0 aliphatic carbocycles. The van der Waals surface area contributed by atoms with E-state index in [1.54, 1.807) is 24.1 Å². The monoisotopic (exact) mass is 286 g/mol. The van der Waals surface area contributed by atoms with E-state index in [0.717, 1.165) is 0 Å². The van der Waals surface area contributed by atoms with Crippen LogP contribution in [0.15, 0.2) is 30.6 Å². The van der Waals surface area contributed by atoms with Gasteiger partial charge in [-0.15, -0.1) is 13.2 Å². The highest BCUT2D eigenvalue weighted by molar-refractivity contribution is 5.33. The molecule has 8 heteroatoms. The maximum absolute atomic E-state index is 12.3. The minimum absolute atomic E-state index is 0.190. The van der Waals surface area contributed by atoms with Crippen molar-refractivity contribution in [2.45, 2.75) is 19.5 Å². The summed E-state index contributed by atoms with van der Waals surface area (Å²) in [5, 5.41) is 6.40. The highest BCUT2D eigenvalue weighted by atomic mass is 19.4. The summed E-state index contributed by atoms with van der Waals surface area (Å²) in [6.45, 7) is 0.743. The molecule has 0 aliphatic heterocycles. The summed E-state index contributed by atoms with van der Waals surface area (Å²) in [6.07, 6.45) is -3.32. The summed E-state index contributed by atoms with van der Waals surface area (Å²) in [6, 6.07) is 6.06. The first-order valence-electron chi connectivity index (χ1n) is 5.80. The second-order valence-electron chi connectivity index (χ2n) is 4.26. The Morgan fingerprint density at radius 2 is 2.00 bits per heavy atom. The fraction of sp³-hybridized carbons (Fsp3) is 0.333. The predicted molar refractivity (Wildman–Crippen MR) is 64.7 cm³/mol. The first-order valence-corrected chi connectivity index (χ1v) is 5.80. The Morgan fingerprint density at radius 1 is 1.25 bits per heavy atom. The summed E-state index contributed by atoms with van der Waals surface area (Å²) in [5.74, 6) is 0.450. The molecule has 1 N–H and O–H groups in total. The summed E-state index contributed by atoms with van der Waals surface area (Å²) in [7, 11) is 1.77. The lowest BCUT2D eigenvalue weighted by molar-refractivity contribution is -0.275. The van der Waals surface area contributed by atoms with E-state index in [0.29, 0.717) is 24.5 Å². The zero-order valence-corrected chi connectivity index (χ0v) is 10.7. The van der Waals surface area contributed by atoms with E-state index >= 15 is 0 Å². The molecule has 0 atom stereocenters. The van der Waals surface area contributed by atoms with Gasteiger partial charge in [-0.2, -0.15) is 5.10 Å². The molecule has 0 saturated heterocycles. The van der Waals surface area contributed by atoms with Gasteiger partial charge in [-0.1, -0.05) is 18.2 Å². The second-order valence-corrected chi connectivity index (χ2v) is 4.26. The van der Waals surface area contributed by atoms with Gasteiger partial charge in [0.2, 0.25) is 0 Å². The first-order chi connectivity index (χ1) is 9.44. The largest absolute Gasteiger partial charge is 0.573 e. The van der Waals surface area contributed by atoms with Crippen molar-refractivity contribution in [1.29, 1.82) is 0 Å². The number of halogens is 3. The molecule has 5 nitrogen and oxygen atoms in total. The van der Waals surface area contributed by atoms with E-state index in [4.69, 9.17) is 0 Å². The van der Waals surface area contributed by atoms with Crippen molar-refractivity contribution in [3.8, 4) is 5.75 Å². The molecule has 0 bridgehead atoms. The molecule has 1 heterocycles. The number of hydrogen-bond donors (Lipinski definition) is 1. The van der Waals surface area contributed by atoms with E-state index in [9.17, 15) is 13.2 Å². The Hall–Kier alpha value is -2.09. The van der Waals surface area contributed by atoms with Gasteiger partial charge in [0, 0.05) is 12.1 Å². The van der Waals surface area contributed by atoms with Gasteiger partial charge in [0.05, 0.1) is 6.54 Å². The fourth-order valence-electron chi connectivity index (χ4n) is 1.77. The molecule has 1 aromatic carbocycles. The molecule has 2 aromatic rings. The fourth-order valence-corrected chi connectivity index (χ4v) is 1.77. The van der Waals surface area contributed by atoms with Crippen LogP contribution in [0, 0.1) is 0 Å². The number of alkyl halides is 3. The molecule has 0 radical (unpaired) electrons. The van der Waals surface area contributed by atoms with Crippen LogP contribution < -0.4 is 4.74 Å². The summed E-state index contributed by atoms with van der Waals surface area (Å²) in [4.78, 5) is 5.76. The molecule has 0 aliphatic rings. The molecule has 0 fully saturated rings. The van der Waals surface area contributed by atoms with Crippen molar-refractivity contribution in [3.63, 3.8) is 0 Å². The van der Waals surface area contributed by atoms with Crippen LogP contribution in [0.5, 0.6) is 5.75 Å². The van der Waals surface area contributed by atoms with Crippen LogP contribution in [0.3, 0.4) is 0 Å². The average molecular weight is 286 g/mol. The summed E-state index contributed by atoms with van der Waals surface area (Å²) in [5.41, 5.74) is 0.451. The Labute approximate surface area is 113 Å². The number of aromatic amines is 1. The van der Waals surface area contributed by atoms with Crippen LogP contribution in [0.1, 0.15) is 11.4 Å². The quantitative estimate of drug-likeness (QED) is 0.916. The third kappa shape index (κ3) is 4.23. The SMILES string of the molecule is CN(Cc1ncn[nH]1)Cc1ccccc1OC(F)(F)F. The number of nitrogens with zero attached hydrogens (tertiary/aromatic N) is 3. The van der Waals surface area contributed by atoms with Crippen molar-refractivity contribution in [1.82, 2.24) is 20.1 Å². The van der Waals surface area contributed by atoms with Gasteiger partial charge in [0.15, 0.2) is 0 Å². The number of para-hydroxylation sites is 1. The average Bonchev–Trinajstić information content (AvgIpc) is 2.82. The van der Waals surface area contributed by atoms with Gasteiger partial charge in [-0.05, 0) is 13.1 Å². The second kappa shape index (κ2) is 5.91. The summed E-state index contributed by atoms with van der Waals surface area (Å²) < 4.78 is 40.9. The molecular formula is C12H13F3N4O. The van der Waals surface area contributed by atoms with Crippen LogP contribution in [0.25, 0.3) is 0 Å². The number of rotatable bonds is 5. The zero-order chi connectivity index (χ0) is 14.6. The van der Waals surface area contributed by atoms with E-state index in [-0.39, 0.29) is 5.75 Å². The molecule has 108 valence electrons. The van der Waals surface area contributed by atoms with Gasteiger partial charge < -0.3 is 4.74 Å². The topological polar surface area (TPSA) is 54.0 Å². The van der Waals surface area contributed by atoms with Crippen molar-refractivity contribution in [2.75, 3.05) is 7.05 Å². The summed E-state index contributed by atoms with van der Waals surface area (Å²) >= 11 is 0. The standard InChI is InChI=1S/C12H13F3N4O/c1-19(7-11-16-8-17-18-11)6-9-4-2-3-5-10(9)20-12(13,14)15/h2-5,8H,6-7H2,1H3,(H,16,17,18). The number of ether oxygens (including phenoxy) is 1. The Balaban J connectivity index is 2.05. The molecule has 0 amide bonds. The highest BCUT2D eigenvalue weighted by Crippen LogP contribution is 2.27. The molecule has 2 rings (SSSR count). The van der Waals surface area contributed by atoms with Crippen LogP contribution in [0.2, 0.25) is 0 Å². The third-order valence-electron chi connectivity index (χ3n) is 2.52. The Bertz CT molecular complexity index is 542. The van der Waals surface area contributed by atoms with Crippen molar-refractivity contribution >= 4 is 0 Å². The molecule has 0 unspecified atom stereocenters. The lowest BCUT2D eigenvalue weighted by Crippen LogP contribution is -2.21. The van der Waals surface area contributed by atoms with Crippen molar-refractivity contribution in [3.05, 3.63) is 42.0 Å². The van der Waals surface area contributed by atoms with E-state index in [2.05, 4.69) is 19.9 Å². The van der Waals surface area contributed by atoms with Gasteiger partial charge in [0.1, 0.15) is 17.9 Å². The van der Waals surface area contributed by atoms with Crippen molar-refractivity contribution in [2.24, 2.45) is 0 Å². The van der Waals surface area contributed by atoms with E-state index in [1.165, 1.54) is 18.5 Å². The predicted octanol–water partition coefficient (Wildman–Crippen LogP) is 2.34. The van der Waals surface area contributed by atoms with Crippen molar-refractivity contribution < 1.29 is 17.9 Å². The minimum Gasteiger partial charge on any atom is -0.405 e. The number of aromatic nitrogens is 3. The number of H-pyrrole nitrogens is 1. The van der Waals surface area contributed by atoms with Gasteiger partial charge in [-0.3, -0.25) is 10.00 Å². The lowest BCUT2D eigenvalue weighted by Gasteiger charge is -2.18. The first kappa shape index (κ1) is 14.3. The van der Waals surface area contributed by atoms with E-state index < -0.39 is 6.36 Å². The molecule has 0 spiro atoms. The molecule has 20 heavy (non-hydrogen) atoms. The smallest absolute Gasteiger partial charge is 0.405 e. The zero-order valence-electron chi connectivity index (χ0n) is 10.7. The maximum atomic E-state index is 12.3. The molecule has 0 saturated carbocycles. The van der Waals surface area contributed by atoms with Gasteiger partial charge in [0.25, 0.3) is 0 Å². The number of nitrogens with one attached hydrogen (secondary N) is 1. The minimum atomic E-state index is -4.69. The normalized spacial score (nSPS) is 11.8.